The van der Waals surface area contributed by atoms with E-state index in [9.17, 15) is 18.0 Å². The van der Waals surface area contributed by atoms with Crippen molar-refractivity contribution in [1.82, 2.24) is 4.72 Å². The van der Waals surface area contributed by atoms with Crippen molar-refractivity contribution in [3.05, 3.63) is 102 Å². The van der Waals surface area contributed by atoms with Gasteiger partial charge in [0, 0.05) is 29.4 Å². The number of hydrogen-bond acceptors (Lipinski definition) is 4. The molecule has 3 aromatic rings. The van der Waals surface area contributed by atoms with Crippen molar-refractivity contribution in [3.63, 3.8) is 0 Å². The summed E-state index contributed by atoms with van der Waals surface area (Å²) in [6, 6.07) is 21.9. The van der Waals surface area contributed by atoms with Crippen LogP contribution in [-0.4, -0.2) is 26.7 Å². The van der Waals surface area contributed by atoms with Gasteiger partial charge in [0.2, 0.25) is 15.9 Å². The number of amides is 1. The van der Waals surface area contributed by atoms with Crippen molar-refractivity contribution >= 4 is 33.5 Å². The first kappa shape index (κ1) is 22.1. The number of carbonyl (C=O) groups is 2. The van der Waals surface area contributed by atoms with E-state index in [1.165, 1.54) is 18.2 Å². The van der Waals surface area contributed by atoms with Crippen molar-refractivity contribution < 1.29 is 18.0 Å². The standard InChI is InChI=1S/C24H22N2O4S/c1-2-25-31(29,30)22-14-11-18(12-15-22)13-16-23(27)26-21-10-6-9-20(17-21)24(28)19-7-4-3-5-8-19/h3-17,25H,2H2,1H3,(H,26,27)/b16-13+. The van der Waals surface area contributed by atoms with Crippen LogP contribution in [-0.2, 0) is 14.8 Å². The maximum Gasteiger partial charge on any atom is 0.248 e. The van der Waals surface area contributed by atoms with Crippen molar-refractivity contribution in [2.75, 3.05) is 11.9 Å². The molecule has 2 N–H and O–H groups in total. The maximum absolute atomic E-state index is 12.6. The number of sulfonamides is 1. The van der Waals surface area contributed by atoms with E-state index >= 15 is 0 Å². The van der Waals surface area contributed by atoms with Gasteiger partial charge in [0.1, 0.15) is 0 Å². The Morgan fingerprint density at radius 2 is 1.55 bits per heavy atom. The van der Waals surface area contributed by atoms with Crippen LogP contribution < -0.4 is 10.0 Å². The fourth-order valence-electron chi connectivity index (χ4n) is 2.88. The number of rotatable bonds is 8. The van der Waals surface area contributed by atoms with Gasteiger partial charge in [-0.25, -0.2) is 13.1 Å². The molecule has 158 valence electrons. The second kappa shape index (κ2) is 9.97. The lowest BCUT2D eigenvalue weighted by Crippen LogP contribution is -2.22. The van der Waals surface area contributed by atoms with Crippen LogP contribution in [0.4, 0.5) is 5.69 Å². The van der Waals surface area contributed by atoms with Crippen molar-refractivity contribution in [3.8, 4) is 0 Å². The summed E-state index contributed by atoms with van der Waals surface area (Å²) in [5.41, 5.74) is 2.23. The molecular weight excluding hydrogens is 412 g/mol. The molecule has 0 unspecified atom stereocenters. The number of benzene rings is 3. The van der Waals surface area contributed by atoms with E-state index in [2.05, 4.69) is 10.0 Å². The molecule has 0 spiro atoms. The first-order valence-corrected chi connectivity index (χ1v) is 11.2. The Bertz CT molecular complexity index is 1200. The predicted molar refractivity (Wildman–Crippen MR) is 121 cm³/mol. The molecular formula is C24H22N2O4S. The van der Waals surface area contributed by atoms with Gasteiger partial charge >= 0.3 is 0 Å². The van der Waals surface area contributed by atoms with Gasteiger partial charge in [-0.15, -0.1) is 0 Å². The summed E-state index contributed by atoms with van der Waals surface area (Å²) >= 11 is 0. The van der Waals surface area contributed by atoms with Crippen LogP contribution in [0.15, 0.2) is 89.8 Å². The van der Waals surface area contributed by atoms with Gasteiger partial charge in [-0.3, -0.25) is 9.59 Å². The van der Waals surface area contributed by atoms with Gasteiger partial charge in [-0.05, 0) is 35.9 Å². The zero-order valence-corrected chi connectivity index (χ0v) is 17.7. The summed E-state index contributed by atoms with van der Waals surface area (Å²) in [7, 11) is -3.51. The molecule has 0 radical (unpaired) electrons. The summed E-state index contributed by atoms with van der Waals surface area (Å²) in [6.07, 6.45) is 2.93. The highest BCUT2D eigenvalue weighted by molar-refractivity contribution is 7.89. The van der Waals surface area contributed by atoms with Crippen LogP contribution in [0.1, 0.15) is 28.4 Å². The van der Waals surface area contributed by atoms with Gasteiger partial charge in [0.25, 0.3) is 0 Å². The number of nitrogens with one attached hydrogen (secondary N) is 2. The van der Waals surface area contributed by atoms with Gasteiger partial charge in [0.15, 0.2) is 5.78 Å². The van der Waals surface area contributed by atoms with E-state index in [0.717, 1.165) is 0 Å². The monoisotopic (exact) mass is 434 g/mol. The molecule has 6 nitrogen and oxygen atoms in total. The Kier molecular flexibility index (Phi) is 7.12. The minimum absolute atomic E-state index is 0.125. The summed E-state index contributed by atoms with van der Waals surface area (Å²) in [4.78, 5) is 25.0. The SMILES string of the molecule is CCNS(=O)(=O)c1ccc(/C=C/C(=O)Nc2cccc(C(=O)c3ccccc3)c2)cc1. The highest BCUT2D eigenvalue weighted by Gasteiger charge is 2.12. The fourth-order valence-corrected chi connectivity index (χ4v) is 3.92. The van der Waals surface area contributed by atoms with Crippen LogP contribution in [0.25, 0.3) is 6.08 Å². The lowest BCUT2D eigenvalue weighted by atomic mass is 10.0. The van der Waals surface area contributed by atoms with Crippen LogP contribution >= 0.6 is 0 Å². The molecule has 0 heterocycles. The zero-order valence-electron chi connectivity index (χ0n) is 16.9. The largest absolute Gasteiger partial charge is 0.322 e. The highest BCUT2D eigenvalue weighted by Crippen LogP contribution is 2.16. The highest BCUT2D eigenvalue weighted by atomic mass is 32.2. The molecule has 1 amide bonds. The van der Waals surface area contributed by atoms with Crippen molar-refractivity contribution in [2.24, 2.45) is 0 Å². The molecule has 0 atom stereocenters. The van der Waals surface area contributed by atoms with Gasteiger partial charge in [0.05, 0.1) is 4.90 Å². The van der Waals surface area contributed by atoms with Gasteiger partial charge < -0.3 is 5.32 Å². The quantitative estimate of drug-likeness (QED) is 0.416. The van der Waals surface area contributed by atoms with E-state index in [-0.39, 0.29) is 16.6 Å². The van der Waals surface area contributed by atoms with E-state index in [1.54, 1.807) is 73.7 Å². The number of hydrogen-bond donors (Lipinski definition) is 2. The number of anilines is 1. The second-order valence-corrected chi connectivity index (χ2v) is 8.44. The molecule has 0 fully saturated rings. The van der Waals surface area contributed by atoms with Crippen LogP contribution in [0.3, 0.4) is 0 Å². The lowest BCUT2D eigenvalue weighted by molar-refractivity contribution is -0.111. The maximum atomic E-state index is 12.6. The Labute approximate surface area is 181 Å². The molecule has 3 rings (SSSR count). The third-order valence-corrected chi connectivity index (χ3v) is 5.94. The molecule has 0 aliphatic rings. The summed E-state index contributed by atoms with van der Waals surface area (Å²) in [6.45, 7) is 2.02. The Morgan fingerprint density at radius 3 is 2.23 bits per heavy atom. The number of carbonyl (C=O) groups excluding carboxylic acids is 2. The molecule has 0 saturated heterocycles. The molecule has 0 saturated carbocycles. The first-order chi connectivity index (χ1) is 14.9. The topological polar surface area (TPSA) is 92.3 Å². The van der Waals surface area contributed by atoms with Crippen LogP contribution in [0.2, 0.25) is 0 Å². The average Bonchev–Trinajstić information content (AvgIpc) is 2.78. The fraction of sp³-hybridized carbons (Fsp3) is 0.0833. The summed E-state index contributed by atoms with van der Waals surface area (Å²) in [5, 5.41) is 2.73. The predicted octanol–water partition coefficient (Wildman–Crippen LogP) is 3.87. The second-order valence-electron chi connectivity index (χ2n) is 6.67. The minimum atomic E-state index is -3.51. The Morgan fingerprint density at radius 1 is 0.871 bits per heavy atom. The summed E-state index contributed by atoms with van der Waals surface area (Å²) < 4.78 is 26.3. The summed E-state index contributed by atoms with van der Waals surface area (Å²) in [5.74, 6) is -0.492. The smallest absolute Gasteiger partial charge is 0.248 e. The van der Waals surface area contributed by atoms with Crippen LogP contribution in [0, 0.1) is 0 Å². The molecule has 0 aliphatic carbocycles. The lowest BCUT2D eigenvalue weighted by Gasteiger charge is -2.06. The molecule has 0 aliphatic heterocycles. The minimum Gasteiger partial charge on any atom is -0.322 e. The van der Waals surface area contributed by atoms with E-state index in [1.807, 2.05) is 6.07 Å². The molecule has 31 heavy (non-hydrogen) atoms. The Balaban J connectivity index is 1.66. The van der Waals surface area contributed by atoms with Gasteiger partial charge in [-0.2, -0.15) is 0 Å². The third kappa shape index (κ3) is 5.97. The van der Waals surface area contributed by atoms with E-state index < -0.39 is 10.0 Å². The van der Waals surface area contributed by atoms with Crippen molar-refractivity contribution in [2.45, 2.75) is 11.8 Å². The molecule has 0 aromatic heterocycles. The zero-order chi connectivity index (χ0) is 22.3. The van der Waals surface area contributed by atoms with Crippen molar-refractivity contribution in [1.29, 1.82) is 0 Å². The molecule has 0 bridgehead atoms. The van der Waals surface area contributed by atoms with Crippen LogP contribution in [0.5, 0.6) is 0 Å². The Hall–Kier alpha value is -3.55. The molecule has 3 aromatic carbocycles. The van der Waals surface area contributed by atoms with E-state index in [0.29, 0.717) is 28.9 Å². The third-order valence-electron chi connectivity index (χ3n) is 4.38. The average molecular weight is 435 g/mol. The molecule has 7 heteroatoms. The normalized spacial score (nSPS) is 11.4. The van der Waals surface area contributed by atoms with Gasteiger partial charge in [-0.1, -0.05) is 61.5 Å². The number of ketones is 1. The first-order valence-electron chi connectivity index (χ1n) is 9.67. The van der Waals surface area contributed by atoms with E-state index in [4.69, 9.17) is 0 Å².